The SMILES string of the molecule is Cc1nc2ccnc(-c3cnn(C)c3)n2n1. The Morgan fingerprint density at radius 2 is 2.19 bits per heavy atom. The summed E-state index contributed by atoms with van der Waals surface area (Å²) in [6, 6.07) is 1.83. The van der Waals surface area contributed by atoms with Crippen LogP contribution in [-0.2, 0) is 7.05 Å². The van der Waals surface area contributed by atoms with Crippen molar-refractivity contribution < 1.29 is 0 Å². The van der Waals surface area contributed by atoms with Crippen molar-refractivity contribution in [3.8, 4) is 11.4 Å². The molecule has 0 aliphatic carbocycles. The van der Waals surface area contributed by atoms with Crippen LogP contribution in [-0.4, -0.2) is 29.4 Å². The average Bonchev–Trinajstić information content (AvgIpc) is 2.82. The van der Waals surface area contributed by atoms with Crippen LogP contribution >= 0.6 is 0 Å². The number of hydrogen-bond donors (Lipinski definition) is 0. The number of rotatable bonds is 1. The molecule has 0 spiro atoms. The lowest BCUT2D eigenvalue weighted by Crippen LogP contribution is -1.96. The molecule has 80 valence electrons. The van der Waals surface area contributed by atoms with E-state index in [2.05, 4.69) is 20.2 Å². The van der Waals surface area contributed by atoms with Crippen LogP contribution < -0.4 is 0 Å². The molecule has 0 aromatic carbocycles. The van der Waals surface area contributed by atoms with Crippen molar-refractivity contribution >= 4 is 5.65 Å². The van der Waals surface area contributed by atoms with Gasteiger partial charge in [-0.3, -0.25) is 4.68 Å². The highest BCUT2D eigenvalue weighted by Crippen LogP contribution is 2.15. The van der Waals surface area contributed by atoms with Crippen molar-refractivity contribution in [3.05, 3.63) is 30.5 Å². The maximum Gasteiger partial charge on any atom is 0.166 e. The monoisotopic (exact) mass is 214 g/mol. The van der Waals surface area contributed by atoms with E-state index in [0.29, 0.717) is 0 Å². The first-order chi connectivity index (χ1) is 7.74. The Labute approximate surface area is 91.6 Å². The smallest absolute Gasteiger partial charge is 0.166 e. The summed E-state index contributed by atoms with van der Waals surface area (Å²) in [4.78, 5) is 8.60. The van der Waals surface area contributed by atoms with E-state index in [1.807, 2.05) is 26.2 Å². The van der Waals surface area contributed by atoms with E-state index < -0.39 is 0 Å². The Hall–Kier alpha value is -2.24. The third-order valence-corrected chi connectivity index (χ3v) is 2.32. The summed E-state index contributed by atoms with van der Waals surface area (Å²) < 4.78 is 3.46. The van der Waals surface area contributed by atoms with Crippen molar-refractivity contribution in [2.45, 2.75) is 6.92 Å². The predicted molar refractivity (Wildman–Crippen MR) is 57.7 cm³/mol. The minimum Gasteiger partial charge on any atom is -0.275 e. The third kappa shape index (κ3) is 1.27. The van der Waals surface area contributed by atoms with Crippen molar-refractivity contribution in [1.82, 2.24) is 29.4 Å². The number of nitrogens with zero attached hydrogens (tertiary/aromatic N) is 6. The fraction of sp³-hybridized carbons (Fsp3) is 0.200. The second-order valence-electron chi connectivity index (χ2n) is 3.60. The van der Waals surface area contributed by atoms with Gasteiger partial charge in [-0.05, 0) is 6.92 Å². The average molecular weight is 214 g/mol. The van der Waals surface area contributed by atoms with Crippen LogP contribution in [0.25, 0.3) is 17.0 Å². The summed E-state index contributed by atoms with van der Waals surface area (Å²) in [6.45, 7) is 1.86. The fourth-order valence-corrected chi connectivity index (χ4v) is 1.66. The molecule has 16 heavy (non-hydrogen) atoms. The molecule has 0 saturated carbocycles. The topological polar surface area (TPSA) is 60.9 Å². The highest BCUT2D eigenvalue weighted by atomic mass is 15.3. The van der Waals surface area contributed by atoms with Crippen LogP contribution in [0.1, 0.15) is 5.82 Å². The van der Waals surface area contributed by atoms with Crippen LogP contribution in [0.2, 0.25) is 0 Å². The minimum atomic E-state index is 0.734. The zero-order valence-corrected chi connectivity index (χ0v) is 8.99. The van der Waals surface area contributed by atoms with Crippen LogP contribution in [0.4, 0.5) is 0 Å². The largest absolute Gasteiger partial charge is 0.275 e. The molecule has 6 heteroatoms. The molecule has 0 radical (unpaired) electrons. The molecule has 0 saturated heterocycles. The number of aromatic nitrogens is 6. The zero-order chi connectivity index (χ0) is 11.1. The van der Waals surface area contributed by atoms with E-state index in [4.69, 9.17) is 0 Å². The van der Waals surface area contributed by atoms with E-state index in [0.717, 1.165) is 22.9 Å². The third-order valence-electron chi connectivity index (χ3n) is 2.32. The summed E-state index contributed by atoms with van der Waals surface area (Å²) >= 11 is 0. The van der Waals surface area contributed by atoms with Crippen molar-refractivity contribution in [2.75, 3.05) is 0 Å². The highest BCUT2D eigenvalue weighted by molar-refractivity contribution is 5.56. The van der Waals surface area contributed by atoms with Crippen LogP contribution in [0.3, 0.4) is 0 Å². The normalized spacial score (nSPS) is 11.1. The molecule has 3 aromatic heterocycles. The first kappa shape index (κ1) is 9.02. The molecule has 0 atom stereocenters. The fourth-order valence-electron chi connectivity index (χ4n) is 1.66. The van der Waals surface area contributed by atoms with Crippen molar-refractivity contribution in [1.29, 1.82) is 0 Å². The summed E-state index contributed by atoms with van der Waals surface area (Å²) in [6.07, 6.45) is 5.39. The second-order valence-corrected chi connectivity index (χ2v) is 3.60. The van der Waals surface area contributed by atoms with Gasteiger partial charge in [0, 0.05) is 25.5 Å². The summed E-state index contributed by atoms with van der Waals surface area (Å²) in [5.74, 6) is 1.49. The van der Waals surface area contributed by atoms with Crippen LogP contribution in [0.15, 0.2) is 24.7 Å². The van der Waals surface area contributed by atoms with Gasteiger partial charge in [0.25, 0.3) is 0 Å². The Kier molecular flexibility index (Phi) is 1.76. The summed E-state index contributed by atoms with van der Waals surface area (Å²) in [5.41, 5.74) is 1.73. The van der Waals surface area contributed by atoms with Gasteiger partial charge in [0.2, 0.25) is 0 Å². The van der Waals surface area contributed by atoms with Gasteiger partial charge in [-0.2, -0.15) is 9.61 Å². The molecule has 0 bridgehead atoms. The molecular weight excluding hydrogens is 204 g/mol. The molecular formula is C10H10N6. The lowest BCUT2D eigenvalue weighted by molar-refractivity contribution is 0.767. The van der Waals surface area contributed by atoms with Gasteiger partial charge in [-0.15, -0.1) is 5.10 Å². The first-order valence-electron chi connectivity index (χ1n) is 4.91. The Bertz CT molecular complexity index is 650. The van der Waals surface area contributed by atoms with E-state index in [1.54, 1.807) is 21.6 Å². The molecule has 3 heterocycles. The standard InChI is InChI=1S/C10H10N6/c1-7-13-9-3-4-11-10(16(9)14-7)8-5-12-15(2)6-8/h3-6H,1-2H3. The van der Waals surface area contributed by atoms with Crippen molar-refractivity contribution in [3.63, 3.8) is 0 Å². The predicted octanol–water partition coefficient (Wildman–Crippen LogP) is 0.833. The molecule has 0 aliphatic rings. The van der Waals surface area contributed by atoms with Gasteiger partial charge in [-0.1, -0.05) is 0 Å². The van der Waals surface area contributed by atoms with Crippen LogP contribution in [0, 0.1) is 6.92 Å². The minimum absolute atomic E-state index is 0.734. The molecule has 0 aliphatic heterocycles. The Morgan fingerprint density at radius 1 is 1.31 bits per heavy atom. The van der Waals surface area contributed by atoms with E-state index in [9.17, 15) is 0 Å². The lowest BCUT2D eigenvalue weighted by Gasteiger charge is -1.98. The molecule has 6 nitrogen and oxygen atoms in total. The second kappa shape index (κ2) is 3.13. The highest BCUT2D eigenvalue weighted by Gasteiger charge is 2.09. The van der Waals surface area contributed by atoms with E-state index in [-0.39, 0.29) is 0 Å². The van der Waals surface area contributed by atoms with E-state index >= 15 is 0 Å². The van der Waals surface area contributed by atoms with Gasteiger partial charge in [-0.25, -0.2) is 9.97 Å². The van der Waals surface area contributed by atoms with Gasteiger partial charge in [0.05, 0.1) is 11.8 Å². The quantitative estimate of drug-likeness (QED) is 0.602. The first-order valence-corrected chi connectivity index (χ1v) is 4.91. The molecule has 0 N–H and O–H groups in total. The molecule has 3 aromatic rings. The Balaban J connectivity index is 2.30. The summed E-state index contributed by atoms with van der Waals surface area (Å²) in [5, 5.41) is 8.43. The van der Waals surface area contributed by atoms with Crippen molar-refractivity contribution in [2.24, 2.45) is 7.05 Å². The summed E-state index contributed by atoms with van der Waals surface area (Å²) in [7, 11) is 1.87. The number of aryl methyl sites for hydroxylation is 2. The number of fused-ring (bicyclic) bond motifs is 1. The lowest BCUT2D eigenvalue weighted by atomic mass is 10.3. The van der Waals surface area contributed by atoms with Crippen LogP contribution in [0.5, 0.6) is 0 Å². The van der Waals surface area contributed by atoms with E-state index in [1.165, 1.54) is 0 Å². The molecule has 0 amide bonds. The maximum atomic E-state index is 4.31. The number of hydrogen-bond acceptors (Lipinski definition) is 4. The molecule has 3 rings (SSSR count). The van der Waals surface area contributed by atoms with Gasteiger partial charge in [0.1, 0.15) is 5.82 Å². The van der Waals surface area contributed by atoms with Gasteiger partial charge >= 0.3 is 0 Å². The molecule has 0 unspecified atom stereocenters. The Morgan fingerprint density at radius 3 is 2.94 bits per heavy atom. The van der Waals surface area contributed by atoms with Gasteiger partial charge in [0.15, 0.2) is 11.5 Å². The van der Waals surface area contributed by atoms with Gasteiger partial charge < -0.3 is 0 Å². The zero-order valence-electron chi connectivity index (χ0n) is 8.99. The maximum absolute atomic E-state index is 4.31. The molecule has 0 fully saturated rings.